The molecule has 1 aliphatic heterocycles. The molecule has 1 amide bonds. The van der Waals surface area contributed by atoms with Crippen molar-refractivity contribution in [3.05, 3.63) is 35.4 Å². The maximum absolute atomic E-state index is 12.2. The van der Waals surface area contributed by atoms with E-state index >= 15 is 0 Å². The van der Waals surface area contributed by atoms with Crippen LogP contribution in [0, 0.1) is 0 Å². The van der Waals surface area contributed by atoms with Crippen molar-refractivity contribution >= 4 is 5.91 Å². The number of nitrogens with one attached hydrogen (secondary N) is 2. The van der Waals surface area contributed by atoms with Crippen LogP contribution < -0.4 is 10.6 Å². The lowest BCUT2D eigenvalue weighted by Gasteiger charge is -2.26. The quantitative estimate of drug-likeness (QED) is 0.782. The number of carbonyl (C=O) groups is 1. The SMILES string of the molecule is CCCCCNC(=O)C1NCCc2ccccc21. The van der Waals surface area contributed by atoms with Gasteiger partial charge < -0.3 is 10.6 Å². The Kier molecular flexibility index (Phi) is 4.76. The Balaban J connectivity index is 1.95. The number of hydrogen-bond donors (Lipinski definition) is 2. The zero-order chi connectivity index (χ0) is 12.8. The van der Waals surface area contributed by atoms with Crippen LogP contribution in [0.15, 0.2) is 24.3 Å². The first-order valence-electron chi connectivity index (χ1n) is 6.92. The van der Waals surface area contributed by atoms with Crippen molar-refractivity contribution in [3.8, 4) is 0 Å². The van der Waals surface area contributed by atoms with Gasteiger partial charge in [0.2, 0.25) is 5.91 Å². The Morgan fingerprint density at radius 2 is 2.22 bits per heavy atom. The fraction of sp³-hybridized carbons (Fsp3) is 0.533. The molecule has 2 rings (SSSR count). The van der Waals surface area contributed by atoms with E-state index in [0.29, 0.717) is 0 Å². The third-order valence-electron chi connectivity index (χ3n) is 3.45. The second-order valence-electron chi connectivity index (χ2n) is 4.83. The number of hydrogen-bond acceptors (Lipinski definition) is 2. The minimum atomic E-state index is -0.170. The highest BCUT2D eigenvalue weighted by molar-refractivity contribution is 5.83. The predicted molar refractivity (Wildman–Crippen MR) is 73.4 cm³/mol. The molecule has 3 nitrogen and oxygen atoms in total. The summed E-state index contributed by atoms with van der Waals surface area (Å²) in [5.74, 6) is 0.109. The molecular weight excluding hydrogens is 224 g/mol. The molecule has 3 heteroatoms. The molecule has 0 spiro atoms. The Bertz CT molecular complexity index is 403. The molecule has 0 aromatic heterocycles. The maximum atomic E-state index is 12.2. The Morgan fingerprint density at radius 1 is 1.39 bits per heavy atom. The van der Waals surface area contributed by atoms with E-state index < -0.39 is 0 Å². The third kappa shape index (κ3) is 3.10. The molecular formula is C15H22N2O. The second-order valence-corrected chi connectivity index (χ2v) is 4.83. The van der Waals surface area contributed by atoms with Crippen molar-refractivity contribution < 1.29 is 4.79 Å². The van der Waals surface area contributed by atoms with Crippen molar-refractivity contribution in [1.29, 1.82) is 0 Å². The standard InChI is InChI=1S/C15H22N2O/c1-2-3-6-10-17-15(18)14-13-8-5-4-7-12(13)9-11-16-14/h4-5,7-8,14,16H,2-3,6,9-11H2,1H3,(H,17,18). The van der Waals surface area contributed by atoms with Crippen LogP contribution in [0.5, 0.6) is 0 Å². The molecule has 1 aliphatic rings. The van der Waals surface area contributed by atoms with Crippen LogP contribution in [-0.4, -0.2) is 19.0 Å². The van der Waals surface area contributed by atoms with Gasteiger partial charge >= 0.3 is 0 Å². The number of carbonyl (C=O) groups excluding carboxylic acids is 1. The topological polar surface area (TPSA) is 41.1 Å². The number of fused-ring (bicyclic) bond motifs is 1. The summed E-state index contributed by atoms with van der Waals surface area (Å²) in [4.78, 5) is 12.2. The first kappa shape index (κ1) is 13.1. The van der Waals surface area contributed by atoms with Gasteiger partial charge in [0.05, 0.1) is 0 Å². The van der Waals surface area contributed by atoms with Crippen LogP contribution >= 0.6 is 0 Å². The Hall–Kier alpha value is -1.35. The normalized spacial score (nSPS) is 18.2. The molecule has 0 saturated heterocycles. The number of unbranched alkanes of at least 4 members (excludes halogenated alkanes) is 2. The third-order valence-corrected chi connectivity index (χ3v) is 3.45. The largest absolute Gasteiger partial charge is 0.354 e. The minimum absolute atomic E-state index is 0.109. The lowest BCUT2D eigenvalue weighted by molar-refractivity contribution is -0.123. The van der Waals surface area contributed by atoms with Gasteiger partial charge in [-0.15, -0.1) is 0 Å². The minimum Gasteiger partial charge on any atom is -0.354 e. The highest BCUT2D eigenvalue weighted by Gasteiger charge is 2.24. The number of rotatable bonds is 5. The Morgan fingerprint density at radius 3 is 3.06 bits per heavy atom. The molecule has 0 bridgehead atoms. The van der Waals surface area contributed by atoms with Crippen molar-refractivity contribution in [2.45, 2.75) is 38.6 Å². The van der Waals surface area contributed by atoms with Gasteiger partial charge in [0, 0.05) is 13.1 Å². The molecule has 0 saturated carbocycles. The summed E-state index contributed by atoms with van der Waals surface area (Å²) in [7, 11) is 0. The lowest BCUT2D eigenvalue weighted by atomic mass is 9.94. The number of benzene rings is 1. The highest BCUT2D eigenvalue weighted by atomic mass is 16.2. The van der Waals surface area contributed by atoms with Gasteiger partial charge in [-0.25, -0.2) is 0 Å². The van der Waals surface area contributed by atoms with Crippen molar-refractivity contribution in [2.75, 3.05) is 13.1 Å². The van der Waals surface area contributed by atoms with Gasteiger partial charge in [-0.3, -0.25) is 4.79 Å². The van der Waals surface area contributed by atoms with Gasteiger partial charge in [-0.1, -0.05) is 44.0 Å². The lowest BCUT2D eigenvalue weighted by Crippen LogP contribution is -2.41. The van der Waals surface area contributed by atoms with E-state index in [-0.39, 0.29) is 11.9 Å². The fourth-order valence-corrected chi connectivity index (χ4v) is 2.43. The molecule has 2 N–H and O–H groups in total. The van der Waals surface area contributed by atoms with Gasteiger partial charge in [-0.05, 0) is 24.0 Å². The smallest absolute Gasteiger partial charge is 0.241 e. The molecule has 0 radical (unpaired) electrons. The van der Waals surface area contributed by atoms with Crippen LogP contribution in [0.2, 0.25) is 0 Å². The predicted octanol–water partition coefficient (Wildman–Crippen LogP) is 2.18. The molecule has 1 aromatic rings. The van der Waals surface area contributed by atoms with E-state index in [1.54, 1.807) is 0 Å². The molecule has 1 aromatic carbocycles. The molecule has 98 valence electrons. The summed E-state index contributed by atoms with van der Waals surface area (Å²) < 4.78 is 0. The van der Waals surface area contributed by atoms with E-state index in [9.17, 15) is 4.79 Å². The van der Waals surface area contributed by atoms with Crippen LogP contribution in [0.25, 0.3) is 0 Å². The number of amides is 1. The summed E-state index contributed by atoms with van der Waals surface area (Å²) in [6.07, 6.45) is 4.43. The molecule has 1 heterocycles. The summed E-state index contributed by atoms with van der Waals surface area (Å²) in [6.45, 7) is 3.83. The Labute approximate surface area is 109 Å². The van der Waals surface area contributed by atoms with Gasteiger partial charge in [0.1, 0.15) is 6.04 Å². The first-order valence-corrected chi connectivity index (χ1v) is 6.92. The van der Waals surface area contributed by atoms with Crippen LogP contribution in [0.1, 0.15) is 43.4 Å². The second kappa shape index (κ2) is 6.55. The maximum Gasteiger partial charge on any atom is 0.241 e. The van der Waals surface area contributed by atoms with E-state index in [4.69, 9.17) is 0 Å². The molecule has 0 aliphatic carbocycles. The fourth-order valence-electron chi connectivity index (χ4n) is 2.43. The van der Waals surface area contributed by atoms with Crippen molar-refractivity contribution in [1.82, 2.24) is 10.6 Å². The van der Waals surface area contributed by atoms with Crippen LogP contribution in [0.4, 0.5) is 0 Å². The van der Waals surface area contributed by atoms with Crippen molar-refractivity contribution in [3.63, 3.8) is 0 Å². The average Bonchev–Trinajstić information content (AvgIpc) is 2.43. The zero-order valence-corrected chi connectivity index (χ0v) is 11.0. The van der Waals surface area contributed by atoms with E-state index in [0.717, 1.165) is 31.5 Å². The zero-order valence-electron chi connectivity index (χ0n) is 11.0. The summed E-state index contributed by atoms with van der Waals surface area (Å²) in [5.41, 5.74) is 2.43. The van der Waals surface area contributed by atoms with Crippen LogP contribution in [0.3, 0.4) is 0 Å². The summed E-state index contributed by atoms with van der Waals surface area (Å²) >= 11 is 0. The summed E-state index contributed by atoms with van der Waals surface area (Å²) in [5, 5.41) is 6.33. The molecule has 1 atom stereocenters. The van der Waals surface area contributed by atoms with E-state index in [2.05, 4.69) is 29.7 Å². The van der Waals surface area contributed by atoms with Crippen LogP contribution in [-0.2, 0) is 11.2 Å². The molecule has 1 unspecified atom stereocenters. The molecule has 18 heavy (non-hydrogen) atoms. The van der Waals surface area contributed by atoms with Gasteiger partial charge in [0.25, 0.3) is 0 Å². The first-order chi connectivity index (χ1) is 8.83. The average molecular weight is 246 g/mol. The monoisotopic (exact) mass is 246 g/mol. The summed E-state index contributed by atoms with van der Waals surface area (Å²) in [6, 6.07) is 8.05. The highest BCUT2D eigenvalue weighted by Crippen LogP contribution is 2.22. The van der Waals surface area contributed by atoms with Crippen molar-refractivity contribution in [2.24, 2.45) is 0 Å². The van der Waals surface area contributed by atoms with E-state index in [1.165, 1.54) is 18.4 Å². The van der Waals surface area contributed by atoms with Gasteiger partial charge in [0.15, 0.2) is 0 Å². The molecule has 0 fully saturated rings. The van der Waals surface area contributed by atoms with E-state index in [1.807, 2.05) is 12.1 Å². The van der Waals surface area contributed by atoms with Gasteiger partial charge in [-0.2, -0.15) is 0 Å².